The lowest BCUT2D eigenvalue weighted by molar-refractivity contribution is 0.0953. The number of hydrogen-bond donors (Lipinski definition) is 0. The molecule has 102 valence electrons. The fourth-order valence-corrected chi connectivity index (χ4v) is 2.62. The highest BCUT2D eigenvalue weighted by molar-refractivity contribution is 9.10. The zero-order valence-electron chi connectivity index (χ0n) is 10.9. The van der Waals surface area contributed by atoms with Crippen molar-refractivity contribution < 1.29 is 14.3 Å². The maximum Gasteiger partial charge on any atom is 0.194 e. The first-order valence-electron chi connectivity index (χ1n) is 6.29. The molecule has 2 aromatic carbocycles. The molecule has 0 bridgehead atoms. The van der Waals surface area contributed by atoms with Crippen molar-refractivity contribution in [2.24, 2.45) is 0 Å². The van der Waals surface area contributed by atoms with Crippen LogP contribution >= 0.6 is 15.9 Å². The molecule has 2 aromatic rings. The average Bonchev–Trinajstić information content (AvgIpc) is 3.27. The van der Waals surface area contributed by atoms with Crippen LogP contribution in [0.15, 0.2) is 53.0 Å². The summed E-state index contributed by atoms with van der Waals surface area (Å²) in [6, 6.07) is 14.9. The van der Waals surface area contributed by atoms with Crippen molar-refractivity contribution in [1.29, 1.82) is 0 Å². The van der Waals surface area contributed by atoms with Gasteiger partial charge in [0.15, 0.2) is 11.9 Å². The van der Waals surface area contributed by atoms with E-state index in [9.17, 15) is 4.79 Å². The van der Waals surface area contributed by atoms with Crippen molar-refractivity contribution in [3.8, 4) is 5.75 Å². The van der Waals surface area contributed by atoms with Gasteiger partial charge in [-0.2, -0.15) is 0 Å². The Morgan fingerprint density at radius 3 is 2.65 bits per heavy atom. The first-order valence-corrected chi connectivity index (χ1v) is 7.08. The standard InChI is InChI=1S/C16H13BrO3/c1-19-13-8-7-11(17)9-12(13)15-16(20-15)14(18)10-5-3-2-4-6-10/h2-9,15-16H,1H3. The summed E-state index contributed by atoms with van der Waals surface area (Å²) >= 11 is 3.43. The van der Waals surface area contributed by atoms with Gasteiger partial charge in [0.1, 0.15) is 11.9 Å². The van der Waals surface area contributed by atoms with E-state index in [0.717, 1.165) is 15.8 Å². The monoisotopic (exact) mass is 332 g/mol. The van der Waals surface area contributed by atoms with Gasteiger partial charge in [0, 0.05) is 15.6 Å². The molecule has 1 aliphatic rings. The highest BCUT2D eigenvalue weighted by Gasteiger charge is 2.47. The molecule has 2 atom stereocenters. The molecule has 0 spiro atoms. The van der Waals surface area contributed by atoms with Crippen LogP contribution in [0.5, 0.6) is 5.75 Å². The molecule has 0 aromatic heterocycles. The van der Waals surface area contributed by atoms with Crippen LogP contribution < -0.4 is 4.74 Å². The molecular formula is C16H13BrO3. The van der Waals surface area contributed by atoms with Gasteiger partial charge in [0.05, 0.1) is 7.11 Å². The Morgan fingerprint density at radius 2 is 1.95 bits per heavy atom. The maximum atomic E-state index is 12.3. The third-order valence-electron chi connectivity index (χ3n) is 3.31. The summed E-state index contributed by atoms with van der Waals surface area (Å²) in [6.07, 6.45) is -0.643. The molecule has 1 fully saturated rings. The second-order valence-corrected chi connectivity index (χ2v) is 5.51. The highest BCUT2D eigenvalue weighted by Crippen LogP contribution is 2.45. The number of ketones is 1. The second-order valence-electron chi connectivity index (χ2n) is 4.59. The third-order valence-corrected chi connectivity index (χ3v) is 3.80. The molecule has 0 saturated carbocycles. The van der Waals surface area contributed by atoms with E-state index in [-0.39, 0.29) is 11.9 Å². The van der Waals surface area contributed by atoms with Crippen LogP contribution in [0.2, 0.25) is 0 Å². The summed E-state index contributed by atoms with van der Waals surface area (Å²) in [6.45, 7) is 0. The summed E-state index contributed by atoms with van der Waals surface area (Å²) in [5.41, 5.74) is 1.57. The number of benzene rings is 2. The molecule has 0 N–H and O–H groups in total. The van der Waals surface area contributed by atoms with Gasteiger partial charge < -0.3 is 9.47 Å². The molecule has 0 amide bonds. The SMILES string of the molecule is COc1ccc(Br)cc1C1OC1C(=O)c1ccccc1. The second kappa shape index (κ2) is 5.38. The molecule has 2 unspecified atom stereocenters. The van der Waals surface area contributed by atoms with Gasteiger partial charge in [-0.1, -0.05) is 46.3 Å². The van der Waals surface area contributed by atoms with E-state index in [2.05, 4.69) is 15.9 Å². The van der Waals surface area contributed by atoms with E-state index in [4.69, 9.17) is 9.47 Å². The zero-order valence-corrected chi connectivity index (χ0v) is 12.5. The number of halogens is 1. The largest absolute Gasteiger partial charge is 0.496 e. The molecule has 3 nitrogen and oxygen atoms in total. The Morgan fingerprint density at radius 1 is 1.20 bits per heavy atom. The zero-order chi connectivity index (χ0) is 14.1. The lowest BCUT2D eigenvalue weighted by Gasteiger charge is -2.06. The minimum atomic E-state index is -0.416. The minimum Gasteiger partial charge on any atom is -0.496 e. The molecule has 1 saturated heterocycles. The van der Waals surface area contributed by atoms with Crippen LogP contribution in [0.3, 0.4) is 0 Å². The number of ether oxygens (including phenoxy) is 2. The van der Waals surface area contributed by atoms with Crippen molar-refractivity contribution in [2.75, 3.05) is 7.11 Å². The summed E-state index contributed by atoms with van der Waals surface area (Å²) in [4.78, 5) is 12.3. The van der Waals surface area contributed by atoms with E-state index >= 15 is 0 Å². The van der Waals surface area contributed by atoms with Crippen LogP contribution in [-0.2, 0) is 4.74 Å². The lowest BCUT2D eigenvalue weighted by Crippen LogP contribution is -2.08. The minimum absolute atomic E-state index is 0.0117. The maximum absolute atomic E-state index is 12.3. The van der Waals surface area contributed by atoms with Crippen LogP contribution in [0.4, 0.5) is 0 Å². The number of rotatable bonds is 4. The summed E-state index contributed by atoms with van der Waals surface area (Å²) in [5.74, 6) is 0.749. The molecular weight excluding hydrogens is 320 g/mol. The molecule has 0 aliphatic carbocycles. The van der Waals surface area contributed by atoms with E-state index in [1.807, 2.05) is 36.4 Å². The molecule has 1 heterocycles. The Balaban J connectivity index is 1.83. The fraction of sp³-hybridized carbons (Fsp3) is 0.188. The normalized spacial score (nSPS) is 20.5. The Hall–Kier alpha value is -1.65. The Labute approximate surface area is 125 Å². The quantitative estimate of drug-likeness (QED) is 0.631. The number of carbonyl (C=O) groups excluding carboxylic acids is 1. The van der Waals surface area contributed by atoms with E-state index < -0.39 is 6.10 Å². The summed E-state index contributed by atoms with van der Waals surface area (Å²) < 4.78 is 11.8. The number of carbonyl (C=O) groups is 1. The smallest absolute Gasteiger partial charge is 0.194 e. The molecule has 0 radical (unpaired) electrons. The predicted octanol–water partition coefficient (Wildman–Crippen LogP) is 3.78. The predicted molar refractivity (Wildman–Crippen MR) is 79.1 cm³/mol. The third kappa shape index (κ3) is 2.49. The number of methoxy groups -OCH3 is 1. The van der Waals surface area contributed by atoms with Crippen LogP contribution in [-0.4, -0.2) is 19.0 Å². The van der Waals surface area contributed by atoms with Crippen LogP contribution in [0.25, 0.3) is 0 Å². The number of Topliss-reactive ketones (excluding diaryl/α,β-unsaturated/α-hetero) is 1. The van der Waals surface area contributed by atoms with Crippen molar-refractivity contribution in [1.82, 2.24) is 0 Å². The van der Waals surface area contributed by atoms with Crippen LogP contribution in [0, 0.1) is 0 Å². The van der Waals surface area contributed by atoms with Gasteiger partial charge in [-0.3, -0.25) is 4.79 Å². The van der Waals surface area contributed by atoms with Gasteiger partial charge >= 0.3 is 0 Å². The number of hydrogen-bond acceptors (Lipinski definition) is 3. The van der Waals surface area contributed by atoms with Gasteiger partial charge in [-0.05, 0) is 18.2 Å². The summed E-state index contributed by atoms with van der Waals surface area (Å²) in [5, 5.41) is 0. The molecule has 4 heteroatoms. The molecule has 3 rings (SSSR count). The van der Waals surface area contributed by atoms with E-state index in [1.54, 1.807) is 19.2 Å². The van der Waals surface area contributed by atoms with Gasteiger partial charge in [0.2, 0.25) is 0 Å². The fourth-order valence-electron chi connectivity index (χ4n) is 2.24. The molecule has 1 aliphatic heterocycles. The van der Waals surface area contributed by atoms with Crippen LogP contribution in [0.1, 0.15) is 22.0 Å². The van der Waals surface area contributed by atoms with Crippen molar-refractivity contribution in [3.63, 3.8) is 0 Å². The van der Waals surface area contributed by atoms with Gasteiger partial charge in [-0.25, -0.2) is 0 Å². The van der Waals surface area contributed by atoms with E-state index in [1.165, 1.54) is 0 Å². The first-order chi connectivity index (χ1) is 9.70. The van der Waals surface area contributed by atoms with E-state index in [0.29, 0.717) is 5.56 Å². The molecule has 20 heavy (non-hydrogen) atoms. The first kappa shape index (κ1) is 13.3. The Kier molecular flexibility index (Phi) is 3.59. The van der Waals surface area contributed by atoms with Gasteiger partial charge in [-0.15, -0.1) is 0 Å². The van der Waals surface area contributed by atoms with Crippen molar-refractivity contribution in [3.05, 3.63) is 64.1 Å². The van der Waals surface area contributed by atoms with Crippen molar-refractivity contribution >= 4 is 21.7 Å². The van der Waals surface area contributed by atoms with Gasteiger partial charge in [0.25, 0.3) is 0 Å². The topological polar surface area (TPSA) is 38.8 Å². The lowest BCUT2D eigenvalue weighted by atomic mass is 10.0. The Bertz CT molecular complexity index is 639. The van der Waals surface area contributed by atoms with Crippen molar-refractivity contribution in [2.45, 2.75) is 12.2 Å². The average molecular weight is 333 g/mol. The summed E-state index contributed by atoms with van der Waals surface area (Å²) in [7, 11) is 1.61. The number of epoxide rings is 1. The highest BCUT2D eigenvalue weighted by atomic mass is 79.9.